The summed E-state index contributed by atoms with van der Waals surface area (Å²) >= 11 is 1.60. The standard InChI is InChI=1S/C20H25N3O3S/c1-4-17-21-12(2)18(26-17)20(25)22-14-10-9-13(11-14)19(24)23-15-7-5-6-8-16(15)27-3/h5-8,13-14H,4,9-11H2,1-3H3,(H,22,25)(H,23,24)/t13-,14+/m1/s1. The molecule has 0 bridgehead atoms. The van der Waals surface area contributed by atoms with Crippen LogP contribution in [0.15, 0.2) is 33.6 Å². The summed E-state index contributed by atoms with van der Waals surface area (Å²) < 4.78 is 5.51. The minimum absolute atomic E-state index is 0.0114. The van der Waals surface area contributed by atoms with Gasteiger partial charge in [0.15, 0.2) is 5.89 Å². The molecule has 0 spiro atoms. The van der Waals surface area contributed by atoms with Crippen LogP contribution in [0.3, 0.4) is 0 Å². The van der Waals surface area contributed by atoms with Crippen molar-refractivity contribution in [3.8, 4) is 0 Å². The Morgan fingerprint density at radius 3 is 2.78 bits per heavy atom. The summed E-state index contributed by atoms with van der Waals surface area (Å²) in [7, 11) is 0. The van der Waals surface area contributed by atoms with Crippen LogP contribution in [0.2, 0.25) is 0 Å². The Balaban J connectivity index is 1.57. The number of benzene rings is 1. The van der Waals surface area contributed by atoms with Gasteiger partial charge in [-0.05, 0) is 44.6 Å². The first-order valence-electron chi connectivity index (χ1n) is 9.22. The van der Waals surface area contributed by atoms with E-state index in [9.17, 15) is 9.59 Å². The highest BCUT2D eigenvalue weighted by Crippen LogP contribution is 2.30. The molecule has 27 heavy (non-hydrogen) atoms. The number of aryl methyl sites for hydroxylation is 2. The van der Waals surface area contributed by atoms with Crippen LogP contribution < -0.4 is 10.6 Å². The van der Waals surface area contributed by atoms with Crippen molar-refractivity contribution >= 4 is 29.3 Å². The largest absolute Gasteiger partial charge is 0.435 e. The van der Waals surface area contributed by atoms with Crippen molar-refractivity contribution in [2.75, 3.05) is 11.6 Å². The van der Waals surface area contributed by atoms with Gasteiger partial charge in [0.25, 0.3) is 5.91 Å². The zero-order valence-electron chi connectivity index (χ0n) is 15.9. The molecule has 1 heterocycles. The molecule has 3 rings (SSSR count). The van der Waals surface area contributed by atoms with Gasteiger partial charge in [-0.3, -0.25) is 9.59 Å². The smallest absolute Gasteiger partial charge is 0.289 e. The van der Waals surface area contributed by atoms with Gasteiger partial charge in [-0.15, -0.1) is 11.8 Å². The molecule has 0 aliphatic heterocycles. The summed E-state index contributed by atoms with van der Waals surface area (Å²) in [5.41, 5.74) is 1.44. The average molecular weight is 388 g/mol. The number of hydrogen-bond acceptors (Lipinski definition) is 5. The zero-order valence-corrected chi connectivity index (χ0v) is 16.7. The summed E-state index contributed by atoms with van der Waals surface area (Å²) in [6, 6.07) is 7.74. The zero-order chi connectivity index (χ0) is 19.4. The minimum atomic E-state index is -0.251. The van der Waals surface area contributed by atoms with E-state index in [1.165, 1.54) is 0 Å². The Morgan fingerprint density at radius 2 is 2.07 bits per heavy atom. The molecule has 2 N–H and O–H groups in total. The molecule has 1 fully saturated rings. The van der Waals surface area contributed by atoms with E-state index >= 15 is 0 Å². The van der Waals surface area contributed by atoms with Gasteiger partial charge in [0.05, 0.1) is 11.4 Å². The van der Waals surface area contributed by atoms with Crippen LogP contribution in [0.5, 0.6) is 0 Å². The SMILES string of the molecule is CCc1nc(C)c(C(=O)N[C@H]2CC[C@@H](C(=O)Nc3ccccc3SC)C2)o1. The molecule has 6 nitrogen and oxygen atoms in total. The summed E-state index contributed by atoms with van der Waals surface area (Å²) in [5.74, 6) is 0.491. The van der Waals surface area contributed by atoms with Gasteiger partial charge in [-0.1, -0.05) is 19.1 Å². The van der Waals surface area contributed by atoms with Crippen LogP contribution >= 0.6 is 11.8 Å². The van der Waals surface area contributed by atoms with Crippen LogP contribution in [-0.2, 0) is 11.2 Å². The second-order valence-corrected chi connectivity index (χ2v) is 7.59. The van der Waals surface area contributed by atoms with Crippen LogP contribution in [0, 0.1) is 12.8 Å². The number of anilines is 1. The Kier molecular flexibility index (Phi) is 6.21. The van der Waals surface area contributed by atoms with E-state index in [1.807, 2.05) is 37.4 Å². The van der Waals surface area contributed by atoms with Crippen molar-refractivity contribution < 1.29 is 14.0 Å². The van der Waals surface area contributed by atoms with Crippen molar-refractivity contribution in [2.45, 2.75) is 50.5 Å². The molecular weight excluding hydrogens is 362 g/mol. The Labute approximate surface area is 163 Å². The number of amides is 2. The first-order valence-corrected chi connectivity index (χ1v) is 10.4. The fourth-order valence-electron chi connectivity index (χ4n) is 3.40. The number of carbonyl (C=O) groups is 2. The molecule has 0 radical (unpaired) electrons. The average Bonchev–Trinajstić information content (AvgIpc) is 3.28. The number of hydrogen-bond donors (Lipinski definition) is 2. The number of carbonyl (C=O) groups excluding carboxylic acids is 2. The highest BCUT2D eigenvalue weighted by Gasteiger charge is 2.32. The molecule has 2 amide bonds. The summed E-state index contributed by atoms with van der Waals surface area (Å²) in [4.78, 5) is 30.4. The highest BCUT2D eigenvalue weighted by atomic mass is 32.2. The third-order valence-electron chi connectivity index (χ3n) is 4.85. The topological polar surface area (TPSA) is 84.2 Å². The quantitative estimate of drug-likeness (QED) is 0.737. The highest BCUT2D eigenvalue weighted by molar-refractivity contribution is 7.98. The second kappa shape index (κ2) is 8.61. The first kappa shape index (κ1) is 19.5. The number of thioether (sulfide) groups is 1. The molecule has 1 saturated carbocycles. The molecule has 1 aliphatic carbocycles. The maximum Gasteiger partial charge on any atom is 0.289 e. The van der Waals surface area contributed by atoms with Gasteiger partial charge in [0.2, 0.25) is 11.7 Å². The second-order valence-electron chi connectivity index (χ2n) is 6.75. The van der Waals surface area contributed by atoms with Crippen LogP contribution in [0.4, 0.5) is 5.69 Å². The normalized spacial score (nSPS) is 19.1. The molecule has 2 aromatic rings. The molecule has 1 aromatic carbocycles. The summed E-state index contributed by atoms with van der Waals surface area (Å²) in [5, 5.41) is 6.02. The lowest BCUT2D eigenvalue weighted by molar-refractivity contribution is -0.119. The van der Waals surface area contributed by atoms with E-state index in [2.05, 4.69) is 15.6 Å². The lowest BCUT2D eigenvalue weighted by Crippen LogP contribution is -2.34. The van der Waals surface area contributed by atoms with Gasteiger partial charge in [-0.25, -0.2) is 4.98 Å². The van der Waals surface area contributed by atoms with E-state index in [1.54, 1.807) is 18.7 Å². The molecule has 1 aliphatic rings. The molecule has 0 saturated heterocycles. The monoisotopic (exact) mass is 387 g/mol. The van der Waals surface area contributed by atoms with Crippen LogP contribution in [0.1, 0.15) is 48.3 Å². The number of para-hydroxylation sites is 1. The number of oxazole rings is 1. The van der Waals surface area contributed by atoms with Gasteiger partial charge >= 0.3 is 0 Å². The van der Waals surface area contributed by atoms with Crippen molar-refractivity contribution in [3.05, 3.63) is 41.6 Å². The fraction of sp³-hybridized carbons (Fsp3) is 0.450. The van der Waals surface area contributed by atoms with E-state index in [-0.39, 0.29) is 29.5 Å². The third-order valence-corrected chi connectivity index (χ3v) is 5.65. The van der Waals surface area contributed by atoms with Gasteiger partial charge in [0.1, 0.15) is 0 Å². The lowest BCUT2D eigenvalue weighted by Gasteiger charge is -2.14. The predicted octanol–water partition coefficient (Wildman–Crippen LogP) is 3.80. The van der Waals surface area contributed by atoms with Gasteiger partial charge in [0, 0.05) is 23.3 Å². The Morgan fingerprint density at radius 1 is 1.30 bits per heavy atom. The lowest BCUT2D eigenvalue weighted by atomic mass is 10.1. The third kappa shape index (κ3) is 4.53. The van der Waals surface area contributed by atoms with E-state index in [0.717, 1.165) is 23.4 Å². The predicted molar refractivity (Wildman–Crippen MR) is 106 cm³/mol. The van der Waals surface area contributed by atoms with Gasteiger partial charge < -0.3 is 15.1 Å². The molecule has 1 aromatic heterocycles. The molecular formula is C20H25N3O3S. The van der Waals surface area contributed by atoms with E-state index in [4.69, 9.17) is 4.42 Å². The summed E-state index contributed by atoms with van der Waals surface area (Å²) in [6.45, 7) is 3.70. The van der Waals surface area contributed by atoms with Crippen molar-refractivity contribution in [1.82, 2.24) is 10.3 Å². The van der Waals surface area contributed by atoms with Crippen LogP contribution in [-0.4, -0.2) is 29.1 Å². The van der Waals surface area contributed by atoms with Crippen molar-refractivity contribution in [2.24, 2.45) is 5.92 Å². The first-order chi connectivity index (χ1) is 13.0. The van der Waals surface area contributed by atoms with E-state index < -0.39 is 0 Å². The minimum Gasteiger partial charge on any atom is -0.435 e. The molecule has 2 atom stereocenters. The van der Waals surface area contributed by atoms with Crippen molar-refractivity contribution in [3.63, 3.8) is 0 Å². The summed E-state index contributed by atoms with van der Waals surface area (Å²) in [6.07, 6.45) is 4.81. The van der Waals surface area contributed by atoms with Crippen molar-refractivity contribution in [1.29, 1.82) is 0 Å². The Hall–Kier alpha value is -2.28. The molecule has 7 heteroatoms. The van der Waals surface area contributed by atoms with Gasteiger partial charge in [-0.2, -0.15) is 0 Å². The molecule has 144 valence electrons. The number of nitrogens with one attached hydrogen (secondary N) is 2. The van der Waals surface area contributed by atoms with Crippen LogP contribution in [0.25, 0.3) is 0 Å². The van der Waals surface area contributed by atoms with E-state index in [0.29, 0.717) is 24.4 Å². The number of nitrogens with zero attached hydrogens (tertiary/aromatic N) is 1. The Bertz CT molecular complexity index is 834. The maximum atomic E-state index is 12.6. The number of rotatable bonds is 6. The molecule has 0 unspecified atom stereocenters. The maximum absolute atomic E-state index is 12.6. The fourth-order valence-corrected chi connectivity index (χ4v) is 3.95. The number of aromatic nitrogens is 1.